The first kappa shape index (κ1) is 6.90. The summed E-state index contributed by atoms with van der Waals surface area (Å²) >= 11 is 0. The van der Waals surface area contributed by atoms with Crippen molar-refractivity contribution >= 4 is 11.0 Å². The number of ether oxygens (including phenoxy) is 1. The van der Waals surface area contributed by atoms with Crippen LogP contribution >= 0.6 is 0 Å². The zero-order chi connectivity index (χ0) is 8.55. The lowest BCUT2D eigenvalue weighted by molar-refractivity contribution is 0.415. The van der Waals surface area contributed by atoms with E-state index in [2.05, 4.69) is 10.2 Å². The molecule has 0 saturated carbocycles. The molecule has 0 unspecified atom stereocenters. The maximum atomic E-state index is 5.34. The Hall–Kier alpha value is -1.78. The van der Waals surface area contributed by atoms with Gasteiger partial charge in [0.2, 0.25) is 0 Å². The molecule has 2 rings (SSSR count). The van der Waals surface area contributed by atoms with Gasteiger partial charge in [0, 0.05) is 6.07 Å². The molecule has 0 amide bonds. The van der Waals surface area contributed by atoms with Crippen molar-refractivity contribution in [2.45, 2.75) is 0 Å². The Morgan fingerprint density at radius 3 is 2.83 bits per heavy atom. The molecule has 1 aromatic carbocycles. The van der Waals surface area contributed by atoms with E-state index in [9.17, 15) is 0 Å². The lowest BCUT2D eigenvalue weighted by Gasteiger charge is -1.95. The van der Waals surface area contributed by atoms with Crippen LogP contribution in [-0.4, -0.2) is 22.2 Å². The number of fused-ring (bicyclic) bond motifs is 1. The van der Waals surface area contributed by atoms with Crippen molar-refractivity contribution in [1.29, 1.82) is 0 Å². The number of aromatic nitrogens is 3. The number of nitrogen functional groups attached to an aromatic ring is 1. The Kier molecular flexibility index (Phi) is 1.36. The summed E-state index contributed by atoms with van der Waals surface area (Å²) in [7, 11) is 1.61. The van der Waals surface area contributed by atoms with E-state index in [-0.39, 0.29) is 0 Å². The average molecular weight is 164 g/mol. The lowest BCUT2D eigenvalue weighted by atomic mass is 10.3. The molecule has 0 aliphatic heterocycles. The van der Waals surface area contributed by atoms with E-state index in [0.717, 1.165) is 21.7 Å². The number of hydrogen-bond acceptors (Lipinski definition) is 4. The molecule has 1 aromatic heterocycles. The van der Waals surface area contributed by atoms with Crippen molar-refractivity contribution in [2.24, 2.45) is 0 Å². The topological polar surface area (TPSA) is 66.0 Å². The summed E-state index contributed by atoms with van der Waals surface area (Å²) in [5.74, 6) is 6.09. The Bertz CT molecular complexity index is 409. The molecule has 2 N–H and O–H groups in total. The van der Waals surface area contributed by atoms with Crippen LogP contribution in [0.1, 0.15) is 0 Å². The second kappa shape index (κ2) is 2.37. The summed E-state index contributed by atoms with van der Waals surface area (Å²) in [5.41, 5.74) is 1.50. The van der Waals surface area contributed by atoms with Crippen molar-refractivity contribution in [3.63, 3.8) is 0 Å². The van der Waals surface area contributed by atoms with Crippen LogP contribution in [0.2, 0.25) is 0 Å². The first-order chi connectivity index (χ1) is 5.79. The van der Waals surface area contributed by atoms with E-state index >= 15 is 0 Å². The molecule has 0 atom stereocenters. The van der Waals surface area contributed by atoms with Gasteiger partial charge in [-0.05, 0) is 12.1 Å². The highest BCUT2D eigenvalue weighted by Gasteiger charge is 2.00. The number of methoxy groups -OCH3 is 1. The number of nitrogens with zero attached hydrogens (tertiary/aromatic N) is 3. The average Bonchev–Trinajstić information content (AvgIpc) is 2.43. The van der Waals surface area contributed by atoms with E-state index in [4.69, 9.17) is 10.6 Å². The van der Waals surface area contributed by atoms with Gasteiger partial charge < -0.3 is 10.6 Å². The quantitative estimate of drug-likeness (QED) is 0.609. The van der Waals surface area contributed by atoms with Crippen molar-refractivity contribution in [2.75, 3.05) is 13.0 Å². The molecule has 0 fully saturated rings. The third-order valence-corrected chi connectivity index (χ3v) is 1.60. The highest BCUT2D eigenvalue weighted by Crippen LogP contribution is 2.16. The third kappa shape index (κ3) is 0.952. The van der Waals surface area contributed by atoms with E-state index in [1.54, 1.807) is 13.2 Å². The first-order valence-corrected chi connectivity index (χ1v) is 3.46. The fourth-order valence-corrected chi connectivity index (χ4v) is 1.04. The normalized spacial score (nSPS) is 10.4. The van der Waals surface area contributed by atoms with Gasteiger partial charge in [-0.1, -0.05) is 4.91 Å². The molecule has 0 spiro atoms. The molecule has 1 heterocycles. The highest BCUT2D eigenvalue weighted by atomic mass is 16.5. The molecule has 2 aromatic rings. The summed E-state index contributed by atoms with van der Waals surface area (Å²) < 4.78 is 5.01. The van der Waals surface area contributed by atoms with E-state index in [1.807, 2.05) is 12.1 Å². The molecule has 5 heteroatoms. The van der Waals surface area contributed by atoms with Crippen LogP contribution in [0.15, 0.2) is 18.2 Å². The molecule has 12 heavy (non-hydrogen) atoms. The number of benzene rings is 1. The maximum Gasteiger partial charge on any atom is 0.121 e. The molecule has 0 radical (unpaired) electrons. The number of hydrogen-bond donors (Lipinski definition) is 1. The summed E-state index contributed by atoms with van der Waals surface area (Å²) in [6.07, 6.45) is 0. The second-order valence-corrected chi connectivity index (χ2v) is 2.38. The SMILES string of the molecule is COc1ccc2nn(N)nc2c1. The van der Waals surface area contributed by atoms with Gasteiger partial charge in [0.15, 0.2) is 0 Å². The van der Waals surface area contributed by atoms with Crippen LogP contribution in [0.3, 0.4) is 0 Å². The molecule has 0 aliphatic rings. The molecular formula is C7H8N4O. The van der Waals surface area contributed by atoms with Crippen molar-refractivity contribution in [3.8, 4) is 5.75 Å². The van der Waals surface area contributed by atoms with Gasteiger partial charge in [-0.25, -0.2) is 0 Å². The third-order valence-electron chi connectivity index (χ3n) is 1.60. The Balaban J connectivity index is 2.66. The van der Waals surface area contributed by atoms with Gasteiger partial charge in [-0.2, -0.15) is 0 Å². The van der Waals surface area contributed by atoms with Crippen molar-refractivity contribution in [1.82, 2.24) is 15.1 Å². The zero-order valence-corrected chi connectivity index (χ0v) is 6.56. The summed E-state index contributed by atoms with van der Waals surface area (Å²) in [4.78, 5) is 1.05. The van der Waals surface area contributed by atoms with Crippen molar-refractivity contribution < 1.29 is 4.74 Å². The number of rotatable bonds is 1. The smallest absolute Gasteiger partial charge is 0.121 e. The Morgan fingerprint density at radius 2 is 2.08 bits per heavy atom. The fourth-order valence-electron chi connectivity index (χ4n) is 1.04. The van der Waals surface area contributed by atoms with Crippen LogP contribution in [0.4, 0.5) is 0 Å². The van der Waals surface area contributed by atoms with Crippen LogP contribution < -0.4 is 10.6 Å². The van der Waals surface area contributed by atoms with Crippen LogP contribution in [0.5, 0.6) is 5.75 Å². The highest BCUT2D eigenvalue weighted by molar-refractivity contribution is 5.75. The fraction of sp³-hybridized carbons (Fsp3) is 0.143. The van der Waals surface area contributed by atoms with Crippen LogP contribution in [0.25, 0.3) is 11.0 Å². The minimum absolute atomic E-state index is 0.733. The molecule has 0 saturated heterocycles. The largest absolute Gasteiger partial charge is 0.497 e. The van der Waals surface area contributed by atoms with Gasteiger partial charge >= 0.3 is 0 Å². The molecule has 62 valence electrons. The summed E-state index contributed by atoms with van der Waals surface area (Å²) in [5, 5.41) is 7.84. The minimum atomic E-state index is 0.733. The predicted molar refractivity (Wildman–Crippen MR) is 44.2 cm³/mol. The summed E-state index contributed by atoms with van der Waals surface area (Å²) in [6, 6.07) is 5.41. The number of nitrogens with two attached hydrogens (primary N) is 1. The van der Waals surface area contributed by atoms with Gasteiger partial charge in [-0.15, -0.1) is 10.2 Å². The molecular weight excluding hydrogens is 156 g/mol. The van der Waals surface area contributed by atoms with E-state index < -0.39 is 0 Å². The van der Waals surface area contributed by atoms with Crippen LogP contribution in [-0.2, 0) is 0 Å². The standard InChI is InChI=1S/C7H8N4O/c1-12-5-2-3-6-7(4-5)10-11(8)9-6/h2-4H,8H2,1H3. The summed E-state index contributed by atoms with van der Waals surface area (Å²) in [6.45, 7) is 0. The van der Waals surface area contributed by atoms with Gasteiger partial charge in [0.1, 0.15) is 16.8 Å². The Morgan fingerprint density at radius 1 is 1.33 bits per heavy atom. The monoisotopic (exact) mass is 164 g/mol. The van der Waals surface area contributed by atoms with E-state index in [0.29, 0.717) is 0 Å². The minimum Gasteiger partial charge on any atom is -0.497 e. The van der Waals surface area contributed by atoms with Gasteiger partial charge in [0.05, 0.1) is 7.11 Å². The predicted octanol–water partition coefficient (Wildman–Crippen LogP) is 0.154. The Labute approximate surface area is 68.7 Å². The molecule has 0 aliphatic carbocycles. The van der Waals surface area contributed by atoms with E-state index in [1.165, 1.54) is 0 Å². The molecule has 0 bridgehead atoms. The maximum absolute atomic E-state index is 5.34. The first-order valence-electron chi connectivity index (χ1n) is 3.46. The lowest BCUT2D eigenvalue weighted by Crippen LogP contribution is -2.11. The molecule has 5 nitrogen and oxygen atoms in total. The van der Waals surface area contributed by atoms with Gasteiger partial charge in [0.25, 0.3) is 0 Å². The van der Waals surface area contributed by atoms with Gasteiger partial charge in [-0.3, -0.25) is 0 Å². The van der Waals surface area contributed by atoms with Crippen LogP contribution in [0, 0.1) is 0 Å². The zero-order valence-electron chi connectivity index (χ0n) is 6.56. The van der Waals surface area contributed by atoms with Crippen molar-refractivity contribution in [3.05, 3.63) is 18.2 Å². The second-order valence-electron chi connectivity index (χ2n) is 2.38.